The van der Waals surface area contributed by atoms with Crippen LogP contribution in [0.2, 0.25) is 0 Å². The van der Waals surface area contributed by atoms with Crippen molar-refractivity contribution in [2.75, 3.05) is 6.61 Å². The number of aliphatic hydroxyl groups is 2. The number of rotatable bonds is 9. The van der Waals surface area contributed by atoms with Crippen LogP contribution in [0.25, 0.3) is 0 Å². The third kappa shape index (κ3) is 13.9. The smallest absolute Gasteiger partial charge is 0.333 e. The van der Waals surface area contributed by atoms with Crippen LogP contribution < -0.4 is 0 Å². The van der Waals surface area contributed by atoms with Gasteiger partial charge in [0.2, 0.25) is 0 Å². The first-order chi connectivity index (χ1) is 34.4. The summed E-state index contributed by atoms with van der Waals surface area (Å²) in [4.78, 5) is 47.3. The van der Waals surface area contributed by atoms with Gasteiger partial charge >= 0.3 is 23.9 Å². The number of hydrogen-bond acceptors (Lipinski definition) is 10. The minimum absolute atomic E-state index is 0.0673. The number of ether oxygens (including phenoxy) is 4. The summed E-state index contributed by atoms with van der Waals surface area (Å²) in [5.41, 5.74) is -0.185. The first-order valence-corrected chi connectivity index (χ1v) is 34.0. The summed E-state index contributed by atoms with van der Waals surface area (Å²) in [5, 5.41) is 21.5. The molecule has 16 fully saturated rings. The van der Waals surface area contributed by atoms with Gasteiger partial charge in [-0.2, -0.15) is 0 Å². The predicted molar refractivity (Wildman–Crippen MR) is 346 cm³/mol. The summed E-state index contributed by atoms with van der Waals surface area (Å²) < 4.78 is 24.1. The standard InChI is InChI=1S/C15H22O2.C14H17I3O2.C14H18I2O3.C14H19IO3.C2H6/c1-10(2)14(16)17-9-15-6-11-3-12(7-15)5-13(4-11)8-15;1-9(2)10(18)19-14-6-11(15)3-12(16,7-14)5-13(17,4-11)8-14;1-9(2)10(17)19-14-6-11(15)3-12(16,7-14)5-13(18,4-11)8-14;1-9(2)11(16)18-14-5-10-3-12(15,7-14)6-13(17,4-10)8-14;1-2/h11-13H,1,3-9H2,2H3;1,3-8H2,2H3;18H,1,3-8H2,2H3;10,17H,1,3-8H2,2H3;1-2H3. The Bertz CT molecular complexity index is 2130. The van der Waals surface area contributed by atoms with Crippen molar-refractivity contribution in [1.82, 2.24) is 0 Å². The molecule has 0 heterocycles. The molecule has 16 aliphatic carbocycles. The maximum absolute atomic E-state index is 12.0. The largest absolute Gasteiger partial charge is 0.462 e. The second-order valence-corrected chi connectivity index (χ2v) is 41.0. The molecule has 16 rings (SSSR count). The lowest BCUT2D eigenvalue weighted by Gasteiger charge is -2.65. The molecule has 6 atom stereocenters. The molecule has 10 nitrogen and oxygen atoms in total. The Labute approximate surface area is 529 Å². The average molecular weight is 1710 g/mol. The van der Waals surface area contributed by atoms with E-state index in [9.17, 15) is 29.4 Å². The van der Waals surface area contributed by atoms with Crippen molar-refractivity contribution in [1.29, 1.82) is 0 Å². The van der Waals surface area contributed by atoms with Crippen LogP contribution in [0.15, 0.2) is 48.6 Å². The molecule has 0 radical (unpaired) electrons. The highest BCUT2D eigenvalue weighted by Crippen LogP contribution is 2.71. The number of alkyl halides is 6. The Morgan fingerprint density at radius 2 is 0.720 bits per heavy atom. The van der Waals surface area contributed by atoms with Gasteiger partial charge in [-0.15, -0.1) is 0 Å². The van der Waals surface area contributed by atoms with Crippen LogP contribution in [0.4, 0.5) is 0 Å². The van der Waals surface area contributed by atoms with Gasteiger partial charge < -0.3 is 29.2 Å². The van der Waals surface area contributed by atoms with Crippen LogP contribution >= 0.6 is 136 Å². The Morgan fingerprint density at radius 1 is 0.400 bits per heavy atom. The van der Waals surface area contributed by atoms with Crippen LogP contribution in [0, 0.1) is 29.1 Å². The van der Waals surface area contributed by atoms with Crippen molar-refractivity contribution in [3.63, 3.8) is 0 Å². The van der Waals surface area contributed by atoms with Crippen LogP contribution in [0.3, 0.4) is 0 Å². The van der Waals surface area contributed by atoms with Crippen molar-refractivity contribution < 1.29 is 48.3 Å². The number of hydrogen-bond donors (Lipinski definition) is 2. The fourth-order valence-corrected chi connectivity index (χ4v) is 34.3. The van der Waals surface area contributed by atoms with Crippen molar-refractivity contribution in [3.8, 4) is 0 Å². The molecule has 0 spiro atoms. The second kappa shape index (κ2) is 21.6. The average Bonchev–Trinajstić information content (AvgIpc) is 3.18. The Hall–Kier alpha value is 1.14. The van der Waals surface area contributed by atoms with E-state index in [0.29, 0.717) is 63.3 Å². The molecule has 75 heavy (non-hydrogen) atoms. The summed E-state index contributed by atoms with van der Waals surface area (Å²) in [7, 11) is 0. The molecule has 420 valence electrons. The molecule has 16 heteroatoms. The van der Waals surface area contributed by atoms with Gasteiger partial charge in [-0.1, -0.05) is 176 Å². The number of esters is 4. The lowest BCUT2D eigenvalue weighted by molar-refractivity contribution is -0.209. The zero-order valence-electron chi connectivity index (χ0n) is 45.2. The van der Waals surface area contributed by atoms with Crippen LogP contribution in [0.5, 0.6) is 0 Å². The fraction of sp³-hybridized carbons (Fsp3) is 0.797. The quantitative estimate of drug-likeness (QED) is 0.0752. The minimum atomic E-state index is -0.660. The first kappa shape index (κ1) is 62.2. The van der Waals surface area contributed by atoms with E-state index in [1.807, 2.05) is 13.8 Å². The van der Waals surface area contributed by atoms with Crippen LogP contribution in [-0.4, -0.2) is 89.2 Å². The molecule has 16 aliphatic rings. The van der Waals surface area contributed by atoms with Crippen LogP contribution in [0.1, 0.15) is 196 Å². The van der Waals surface area contributed by atoms with Crippen LogP contribution in [-0.2, 0) is 38.1 Å². The van der Waals surface area contributed by atoms with Crippen molar-refractivity contribution >= 4 is 159 Å². The zero-order chi connectivity index (χ0) is 55.4. The minimum Gasteiger partial charge on any atom is -0.462 e. The molecule has 0 aromatic carbocycles. The van der Waals surface area contributed by atoms with Gasteiger partial charge in [0.25, 0.3) is 0 Å². The lowest BCUT2D eigenvalue weighted by Crippen LogP contribution is -2.69. The van der Waals surface area contributed by atoms with Crippen molar-refractivity contribution in [2.24, 2.45) is 29.1 Å². The normalized spacial score (nSPS) is 47.4. The number of carbonyl (C=O) groups is 4. The summed E-state index contributed by atoms with van der Waals surface area (Å²) in [6.07, 6.45) is 25.4. The second-order valence-electron chi connectivity index (χ2n) is 27.3. The highest BCUT2D eigenvalue weighted by Gasteiger charge is 2.70. The molecule has 0 aliphatic heterocycles. The molecule has 16 saturated carbocycles. The molecule has 16 bridgehead atoms. The maximum atomic E-state index is 12.0. The summed E-state index contributed by atoms with van der Waals surface area (Å²) in [6, 6.07) is 0. The van der Waals surface area contributed by atoms with E-state index < -0.39 is 22.4 Å². The highest BCUT2D eigenvalue weighted by molar-refractivity contribution is 14.1. The SMILES string of the molecule is C=C(C)C(=O)OC12CC3(I)CC(I)(CC(I)(C3)C1)C2.C=C(C)C(=O)OC12CC3(O)CC(I)(CC(I)(C3)C1)C2.C=C(C)C(=O)OC12CC3CC(O)(CC(I)(C3)C1)C2.C=C(C)C(=O)OCC12CC3CC(CC(C3)C1)C2.CC. The Morgan fingerprint density at radius 3 is 1.07 bits per heavy atom. The van der Waals surface area contributed by atoms with Gasteiger partial charge in [-0.05, 0) is 154 Å². The van der Waals surface area contributed by atoms with E-state index in [2.05, 4.69) is 162 Å². The summed E-state index contributed by atoms with van der Waals surface area (Å²) in [5.74, 6) is 2.23. The maximum Gasteiger partial charge on any atom is 0.333 e. The van der Waals surface area contributed by atoms with Gasteiger partial charge in [0.15, 0.2) is 0 Å². The Balaban J connectivity index is 0.000000131. The summed E-state index contributed by atoms with van der Waals surface area (Å²) in [6.45, 7) is 26.1. The van der Waals surface area contributed by atoms with E-state index in [1.165, 1.54) is 57.8 Å². The molecule has 2 N–H and O–H groups in total. The van der Waals surface area contributed by atoms with Gasteiger partial charge in [-0.3, -0.25) is 0 Å². The van der Waals surface area contributed by atoms with Crippen molar-refractivity contribution in [2.45, 2.75) is 244 Å². The molecular weight excluding hydrogens is 1630 g/mol. The highest BCUT2D eigenvalue weighted by atomic mass is 127. The monoisotopic (exact) mass is 1710 g/mol. The molecule has 6 unspecified atom stereocenters. The van der Waals surface area contributed by atoms with Crippen molar-refractivity contribution in [3.05, 3.63) is 48.6 Å². The van der Waals surface area contributed by atoms with Gasteiger partial charge in [0.1, 0.15) is 16.8 Å². The van der Waals surface area contributed by atoms with E-state index in [4.69, 9.17) is 18.9 Å². The van der Waals surface area contributed by atoms with E-state index >= 15 is 0 Å². The molecule has 0 aromatic rings. The van der Waals surface area contributed by atoms with Gasteiger partial charge in [0.05, 0.1) is 17.8 Å². The number of halogens is 6. The first-order valence-electron chi connectivity index (χ1n) is 27.5. The third-order valence-electron chi connectivity index (χ3n) is 18.6. The predicted octanol–water partition coefficient (Wildman–Crippen LogP) is 15.1. The van der Waals surface area contributed by atoms with Gasteiger partial charge in [-0.25, -0.2) is 19.2 Å². The topological polar surface area (TPSA) is 146 Å². The Kier molecular flexibility index (Phi) is 17.9. The van der Waals surface area contributed by atoms with E-state index in [-0.39, 0.29) is 39.7 Å². The van der Waals surface area contributed by atoms with E-state index in [0.717, 1.165) is 101 Å². The summed E-state index contributed by atoms with van der Waals surface area (Å²) >= 11 is 15.4. The molecule has 0 aromatic heterocycles. The zero-order valence-corrected chi connectivity index (χ0v) is 58.2. The van der Waals surface area contributed by atoms with E-state index in [1.54, 1.807) is 27.7 Å². The third-order valence-corrected chi connectivity index (χ3v) is 25.5. The van der Waals surface area contributed by atoms with Gasteiger partial charge in [0, 0.05) is 99.6 Å². The number of carbonyl (C=O) groups excluding carboxylic acids is 4. The molecule has 0 saturated heterocycles. The molecular formula is C59H82I6O10. The fourth-order valence-electron chi connectivity index (χ4n) is 18.6. The lowest BCUT2D eigenvalue weighted by atomic mass is 9.50. The molecule has 0 amide bonds.